The molecular formula is C13H22N4O3. The number of rotatable bonds is 7. The van der Waals surface area contributed by atoms with E-state index in [9.17, 15) is 14.7 Å². The van der Waals surface area contributed by atoms with Crippen LogP contribution >= 0.6 is 0 Å². The van der Waals surface area contributed by atoms with Gasteiger partial charge in [0.1, 0.15) is 11.4 Å². The predicted octanol–water partition coefficient (Wildman–Crippen LogP) is 1.13. The lowest BCUT2D eigenvalue weighted by molar-refractivity contribution is -0.148. The number of nitrogens with zero attached hydrogens (tertiary/aromatic N) is 2. The molecule has 0 aliphatic carbocycles. The Bertz CT molecular complexity index is 518. The summed E-state index contributed by atoms with van der Waals surface area (Å²) >= 11 is 0. The second kappa shape index (κ2) is 5.94. The second-order valence-corrected chi connectivity index (χ2v) is 4.94. The molecule has 20 heavy (non-hydrogen) atoms. The first kappa shape index (κ1) is 16.0. The van der Waals surface area contributed by atoms with Gasteiger partial charge in [0.15, 0.2) is 0 Å². The molecule has 0 aliphatic rings. The molecule has 7 nitrogen and oxygen atoms in total. The van der Waals surface area contributed by atoms with E-state index in [0.717, 1.165) is 0 Å². The molecule has 1 rings (SSSR count). The van der Waals surface area contributed by atoms with Crippen molar-refractivity contribution in [3.63, 3.8) is 0 Å². The van der Waals surface area contributed by atoms with Gasteiger partial charge >= 0.3 is 5.97 Å². The average molecular weight is 282 g/mol. The highest BCUT2D eigenvalue weighted by atomic mass is 16.4. The van der Waals surface area contributed by atoms with Gasteiger partial charge in [0.2, 0.25) is 0 Å². The van der Waals surface area contributed by atoms with Crippen LogP contribution in [0.25, 0.3) is 0 Å². The SMILES string of the molecule is CCC(CC)(CNc1c(C(N)=O)c(C)nn1C)C(=O)O. The fraction of sp³-hybridized carbons (Fsp3) is 0.615. The molecule has 7 heteroatoms. The van der Waals surface area contributed by atoms with Gasteiger partial charge in [-0.1, -0.05) is 13.8 Å². The standard InChI is InChI=1S/C13H22N4O3/c1-5-13(6-2,12(19)20)7-15-11-9(10(14)18)8(3)16-17(11)4/h15H,5-7H2,1-4H3,(H2,14,18)(H,19,20). The van der Waals surface area contributed by atoms with E-state index in [1.807, 2.05) is 13.8 Å². The summed E-state index contributed by atoms with van der Waals surface area (Å²) in [6.45, 7) is 5.58. The van der Waals surface area contributed by atoms with E-state index in [4.69, 9.17) is 5.73 Å². The molecule has 4 N–H and O–H groups in total. The van der Waals surface area contributed by atoms with Crippen LogP contribution in [-0.4, -0.2) is 33.3 Å². The van der Waals surface area contributed by atoms with E-state index < -0.39 is 17.3 Å². The molecule has 1 aromatic rings. The number of primary amides is 1. The lowest BCUT2D eigenvalue weighted by Crippen LogP contribution is -2.37. The van der Waals surface area contributed by atoms with Crippen molar-refractivity contribution in [1.82, 2.24) is 9.78 Å². The first-order valence-corrected chi connectivity index (χ1v) is 6.59. The number of carboxylic acids is 1. The maximum absolute atomic E-state index is 11.5. The van der Waals surface area contributed by atoms with Gasteiger partial charge in [0, 0.05) is 13.6 Å². The Morgan fingerprint density at radius 1 is 1.40 bits per heavy atom. The normalized spacial score (nSPS) is 11.4. The minimum Gasteiger partial charge on any atom is -0.481 e. The molecule has 1 aromatic heterocycles. The van der Waals surface area contributed by atoms with Crippen LogP contribution in [0.4, 0.5) is 5.82 Å². The number of aliphatic carboxylic acids is 1. The van der Waals surface area contributed by atoms with Gasteiger partial charge in [0.05, 0.1) is 11.1 Å². The summed E-state index contributed by atoms with van der Waals surface area (Å²) in [4.78, 5) is 22.9. The molecule has 0 aliphatic heterocycles. The molecule has 0 unspecified atom stereocenters. The van der Waals surface area contributed by atoms with Gasteiger partial charge in [-0.3, -0.25) is 14.3 Å². The van der Waals surface area contributed by atoms with E-state index in [1.165, 1.54) is 4.68 Å². The van der Waals surface area contributed by atoms with Crippen molar-refractivity contribution in [2.75, 3.05) is 11.9 Å². The molecule has 1 heterocycles. The number of carbonyl (C=O) groups is 2. The summed E-state index contributed by atoms with van der Waals surface area (Å²) in [5.74, 6) is -0.968. The molecule has 0 spiro atoms. The Labute approximate surface area is 118 Å². The van der Waals surface area contributed by atoms with Crippen LogP contribution in [0.5, 0.6) is 0 Å². The lowest BCUT2D eigenvalue weighted by Gasteiger charge is -2.27. The number of carbonyl (C=O) groups excluding carboxylic acids is 1. The maximum atomic E-state index is 11.5. The van der Waals surface area contributed by atoms with E-state index in [0.29, 0.717) is 29.9 Å². The van der Waals surface area contributed by atoms with Crippen LogP contribution in [0.3, 0.4) is 0 Å². The molecule has 112 valence electrons. The Morgan fingerprint density at radius 2 is 1.95 bits per heavy atom. The zero-order chi connectivity index (χ0) is 15.5. The van der Waals surface area contributed by atoms with Crippen molar-refractivity contribution in [3.05, 3.63) is 11.3 Å². The third kappa shape index (κ3) is 2.76. The average Bonchev–Trinajstić information content (AvgIpc) is 2.65. The minimum atomic E-state index is -0.868. The summed E-state index contributed by atoms with van der Waals surface area (Å²) < 4.78 is 1.51. The zero-order valence-electron chi connectivity index (χ0n) is 12.4. The quantitative estimate of drug-likeness (QED) is 0.694. The molecule has 0 atom stereocenters. The molecule has 0 saturated heterocycles. The van der Waals surface area contributed by atoms with Gasteiger partial charge in [-0.15, -0.1) is 0 Å². The van der Waals surface area contributed by atoms with Crippen molar-refractivity contribution >= 4 is 17.7 Å². The third-order valence-corrected chi connectivity index (χ3v) is 3.87. The number of anilines is 1. The van der Waals surface area contributed by atoms with Crippen LogP contribution in [-0.2, 0) is 11.8 Å². The summed E-state index contributed by atoms with van der Waals surface area (Å²) in [5.41, 5.74) is 5.31. The first-order chi connectivity index (χ1) is 9.29. The Balaban J connectivity index is 3.06. The Kier molecular flexibility index (Phi) is 4.75. The van der Waals surface area contributed by atoms with Gasteiger partial charge in [-0.05, 0) is 19.8 Å². The van der Waals surface area contributed by atoms with Crippen LogP contribution < -0.4 is 11.1 Å². The van der Waals surface area contributed by atoms with Crippen molar-refractivity contribution in [2.45, 2.75) is 33.6 Å². The van der Waals surface area contributed by atoms with E-state index in [2.05, 4.69) is 10.4 Å². The summed E-state index contributed by atoms with van der Waals surface area (Å²) in [5, 5.41) is 16.6. The molecule has 0 saturated carbocycles. The predicted molar refractivity (Wildman–Crippen MR) is 75.6 cm³/mol. The van der Waals surface area contributed by atoms with Gasteiger partial charge < -0.3 is 16.2 Å². The number of hydrogen-bond acceptors (Lipinski definition) is 4. The highest BCUT2D eigenvalue weighted by molar-refractivity contribution is 5.99. The van der Waals surface area contributed by atoms with E-state index in [1.54, 1.807) is 14.0 Å². The highest BCUT2D eigenvalue weighted by Crippen LogP contribution is 2.28. The number of hydrogen-bond donors (Lipinski definition) is 3. The number of aromatic nitrogens is 2. The van der Waals surface area contributed by atoms with Gasteiger partial charge in [-0.2, -0.15) is 5.10 Å². The van der Waals surface area contributed by atoms with Crippen molar-refractivity contribution in [1.29, 1.82) is 0 Å². The fourth-order valence-corrected chi connectivity index (χ4v) is 2.29. The van der Waals surface area contributed by atoms with Crippen molar-refractivity contribution < 1.29 is 14.7 Å². The highest BCUT2D eigenvalue weighted by Gasteiger charge is 2.35. The largest absolute Gasteiger partial charge is 0.481 e. The summed E-state index contributed by atoms with van der Waals surface area (Å²) in [7, 11) is 1.68. The second-order valence-electron chi connectivity index (χ2n) is 4.94. The smallest absolute Gasteiger partial charge is 0.311 e. The summed E-state index contributed by atoms with van der Waals surface area (Å²) in [6.07, 6.45) is 0.989. The monoisotopic (exact) mass is 282 g/mol. The fourth-order valence-electron chi connectivity index (χ4n) is 2.29. The molecule has 0 aromatic carbocycles. The number of carboxylic acid groups (broad SMARTS) is 1. The van der Waals surface area contributed by atoms with Crippen LogP contribution in [0.2, 0.25) is 0 Å². The summed E-state index contributed by atoms with van der Waals surface area (Å²) in [6, 6.07) is 0. The first-order valence-electron chi connectivity index (χ1n) is 6.59. The lowest BCUT2D eigenvalue weighted by atomic mass is 9.82. The van der Waals surface area contributed by atoms with Crippen molar-refractivity contribution in [3.8, 4) is 0 Å². The molecule has 0 bridgehead atoms. The van der Waals surface area contributed by atoms with Gasteiger partial charge in [-0.25, -0.2) is 0 Å². The molecule has 0 radical (unpaired) electrons. The Hall–Kier alpha value is -2.05. The Morgan fingerprint density at radius 3 is 2.35 bits per heavy atom. The molecular weight excluding hydrogens is 260 g/mol. The number of nitrogens with one attached hydrogen (secondary N) is 1. The van der Waals surface area contributed by atoms with Crippen molar-refractivity contribution in [2.24, 2.45) is 18.2 Å². The molecule has 1 amide bonds. The minimum absolute atomic E-state index is 0.217. The van der Waals surface area contributed by atoms with Crippen LogP contribution in [0.1, 0.15) is 42.7 Å². The van der Waals surface area contributed by atoms with Crippen LogP contribution in [0, 0.1) is 12.3 Å². The van der Waals surface area contributed by atoms with E-state index >= 15 is 0 Å². The maximum Gasteiger partial charge on any atom is 0.311 e. The van der Waals surface area contributed by atoms with Crippen LogP contribution in [0.15, 0.2) is 0 Å². The number of amides is 1. The number of nitrogens with two attached hydrogens (primary N) is 1. The van der Waals surface area contributed by atoms with E-state index in [-0.39, 0.29) is 6.54 Å². The third-order valence-electron chi connectivity index (χ3n) is 3.87. The molecule has 0 fully saturated rings. The number of aryl methyl sites for hydroxylation is 2. The topological polar surface area (TPSA) is 110 Å². The zero-order valence-corrected chi connectivity index (χ0v) is 12.4. The van der Waals surface area contributed by atoms with Gasteiger partial charge in [0.25, 0.3) is 5.91 Å².